The summed E-state index contributed by atoms with van der Waals surface area (Å²) in [5, 5.41) is 2.53. The minimum atomic E-state index is -0.117. The number of rotatable bonds is 0. The fourth-order valence-corrected chi connectivity index (χ4v) is 0.848. The Morgan fingerprint density at radius 1 is 1.64 bits per heavy atom. The zero-order valence-corrected chi connectivity index (χ0v) is 6.66. The summed E-state index contributed by atoms with van der Waals surface area (Å²) in [5.74, 6) is 0. The van der Waals surface area contributed by atoms with E-state index in [0.717, 1.165) is 5.56 Å². The van der Waals surface area contributed by atoms with Crippen LogP contribution in [-0.2, 0) is 0 Å². The van der Waals surface area contributed by atoms with Gasteiger partial charge in [0.1, 0.15) is 6.20 Å². The molecule has 0 fully saturated rings. The highest BCUT2D eigenvalue weighted by atomic mass is 16.2. The molecule has 1 N–H and O–H groups in total. The van der Waals surface area contributed by atoms with Gasteiger partial charge in [-0.05, 0) is 18.6 Å². The molecule has 0 aliphatic heterocycles. The molecule has 1 aromatic heterocycles. The molecule has 1 aromatic rings. The highest BCUT2D eigenvalue weighted by Gasteiger charge is 2.07. The monoisotopic (exact) mass is 151 g/mol. The van der Waals surface area contributed by atoms with Crippen molar-refractivity contribution in [3.63, 3.8) is 0 Å². The van der Waals surface area contributed by atoms with Crippen molar-refractivity contribution in [3.8, 4) is 0 Å². The van der Waals surface area contributed by atoms with Crippen LogP contribution in [-0.4, -0.2) is 13.1 Å². The molecule has 58 valence electrons. The minimum Gasteiger partial charge on any atom is -0.240 e. The third-order valence-corrected chi connectivity index (χ3v) is 1.40. The molecule has 0 aliphatic rings. The number of nitrogens with zero attached hydrogens (tertiary/aromatic N) is 1. The van der Waals surface area contributed by atoms with Gasteiger partial charge in [0.2, 0.25) is 0 Å². The van der Waals surface area contributed by atoms with Gasteiger partial charge < -0.3 is 0 Å². The Morgan fingerprint density at radius 3 is 2.91 bits per heavy atom. The SMILES string of the molecule is CNC(=O)[n+]1cccc(C)c1. The molecule has 3 nitrogen and oxygen atoms in total. The molecule has 0 aromatic carbocycles. The van der Waals surface area contributed by atoms with E-state index < -0.39 is 0 Å². The van der Waals surface area contributed by atoms with E-state index in [1.165, 1.54) is 4.57 Å². The lowest BCUT2D eigenvalue weighted by Gasteiger charge is -1.94. The quantitative estimate of drug-likeness (QED) is 0.537. The largest absolute Gasteiger partial charge is 0.495 e. The molecular formula is C8H11N2O+. The summed E-state index contributed by atoms with van der Waals surface area (Å²) in [7, 11) is 1.61. The number of aromatic nitrogens is 1. The predicted octanol–water partition coefficient (Wildman–Crippen LogP) is 0.470. The van der Waals surface area contributed by atoms with Gasteiger partial charge in [-0.2, -0.15) is 9.36 Å². The van der Waals surface area contributed by atoms with Crippen molar-refractivity contribution in [2.24, 2.45) is 0 Å². The first-order valence-electron chi connectivity index (χ1n) is 3.44. The highest BCUT2D eigenvalue weighted by Crippen LogP contribution is 1.88. The zero-order valence-electron chi connectivity index (χ0n) is 6.66. The van der Waals surface area contributed by atoms with E-state index >= 15 is 0 Å². The van der Waals surface area contributed by atoms with Gasteiger partial charge in [-0.15, -0.1) is 0 Å². The van der Waals surface area contributed by atoms with Crippen molar-refractivity contribution in [2.45, 2.75) is 6.92 Å². The summed E-state index contributed by atoms with van der Waals surface area (Å²) in [6.07, 6.45) is 3.49. The van der Waals surface area contributed by atoms with Crippen LogP contribution in [0.3, 0.4) is 0 Å². The summed E-state index contributed by atoms with van der Waals surface area (Å²) >= 11 is 0. The third-order valence-electron chi connectivity index (χ3n) is 1.40. The van der Waals surface area contributed by atoms with E-state index in [9.17, 15) is 4.79 Å². The van der Waals surface area contributed by atoms with Gasteiger partial charge in [0.05, 0.1) is 13.2 Å². The van der Waals surface area contributed by atoms with Crippen LogP contribution in [0, 0.1) is 6.92 Å². The van der Waals surface area contributed by atoms with Crippen LogP contribution in [0.5, 0.6) is 0 Å². The Labute approximate surface area is 65.7 Å². The number of pyridine rings is 1. The Kier molecular flexibility index (Phi) is 2.21. The maximum atomic E-state index is 11.0. The van der Waals surface area contributed by atoms with E-state index in [1.807, 2.05) is 19.1 Å². The molecule has 0 saturated carbocycles. The second kappa shape index (κ2) is 3.14. The van der Waals surface area contributed by atoms with Crippen molar-refractivity contribution in [1.29, 1.82) is 0 Å². The first-order valence-corrected chi connectivity index (χ1v) is 3.44. The van der Waals surface area contributed by atoms with Crippen LogP contribution in [0.4, 0.5) is 4.79 Å². The number of aryl methyl sites for hydroxylation is 1. The number of carbonyl (C=O) groups is 1. The zero-order chi connectivity index (χ0) is 8.27. The number of nitrogens with one attached hydrogen (secondary N) is 1. The Balaban J connectivity index is 2.96. The lowest BCUT2D eigenvalue weighted by atomic mass is 10.3. The summed E-state index contributed by atoms with van der Waals surface area (Å²) in [5.41, 5.74) is 1.07. The van der Waals surface area contributed by atoms with Gasteiger partial charge in [0, 0.05) is 0 Å². The molecule has 1 rings (SSSR count). The fraction of sp³-hybridized carbons (Fsp3) is 0.250. The van der Waals surface area contributed by atoms with E-state index in [2.05, 4.69) is 5.32 Å². The van der Waals surface area contributed by atoms with Crippen LogP contribution in [0.2, 0.25) is 0 Å². The van der Waals surface area contributed by atoms with E-state index in [1.54, 1.807) is 19.4 Å². The van der Waals surface area contributed by atoms with Gasteiger partial charge in [0.25, 0.3) is 0 Å². The Morgan fingerprint density at radius 2 is 2.36 bits per heavy atom. The second-order valence-corrected chi connectivity index (χ2v) is 2.34. The average molecular weight is 151 g/mol. The first kappa shape index (κ1) is 7.72. The molecule has 0 atom stereocenters. The van der Waals surface area contributed by atoms with Gasteiger partial charge in [-0.3, -0.25) is 0 Å². The van der Waals surface area contributed by atoms with Crippen LogP contribution in [0.25, 0.3) is 0 Å². The second-order valence-electron chi connectivity index (χ2n) is 2.34. The van der Waals surface area contributed by atoms with Crippen LogP contribution in [0.15, 0.2) is 24.5 Å². The fourth-order valence-electron chi connectivity index (χ4n) is 0.848. The number of hydrogen-bond acceptors (Lipinski definition) is 1. The number of hydrogen-bond donors (Lipinski definition) is 1. The summed E-state index contributed by atoms with van der Waals surface area (Å²) in [4.78, 5) is 11.0. The summed E-state index contributed by atoms with van der Waals surface area (Å²) in [6.45, 7) is 1.94. The standard InChI is InChI=1S/C8H10N2O/c1-7-4-3-5-10(6-7)8(11)9-2/h3-6H,1-2H3/p+1. The lowest BCUT2D eigenvalue weighted by Crippen LogP contribution is -2.48. The maximum absolute atomic E-state index is 11.0. The Hall–Kier alpha value is -1.38. The van der Waals surface area contributed by atoms with E-state index in [4.69, 9.17) is 0 Å². The minimum absolute atomic E-state index is 0.117. The molecule has 0 aliphatic carbocycles. The predicted molar refractivity (Wildman–Crippen MR) is 41.2 cm³/mol. The molecule has 1 amide bonds. The van der Waals surface area contributed by atoms with Crippen molar-refractivity contribution in [2.75, 3.05) is 7.05 Å². The highest BCUT2D eigenvalue weighted by molar-refractivity contribution is 5.63. The molecule has 0 radical (unpaired) electrons. The molecule has 0 spiro atoms. The van der Waals surface area contributed by atoms with Crippen molar-refractivity contribution < 1.29 is 9.36 Å². The molecular weight excluding hydrogens is 140 g/mol. The normalized spacial score (nSPS) is 9.27. The van der Waals surface area contributed by atoms with E-state index in [-0.39, 0.29) is 6.03 Å². The van der Waals surface area contributed by atoms with Gasteiger partial charge in [0.15, 0.2) is 0 Å². The molecule has 0 bridgehead atoms. The molecule has 0 unspecified atom stereocenters. The lowest BCUT2D eigenvalue weighted by molar-refractivity contribution is -0.572. The average Bonchev–Trinajstić information content (AvgIpc) is 2.03. The molecule has 1 heterocycles. The van der Waals surface area contributed by atoms with Gasteiger partial charge in [-0.25, -0.2) is 5.32 Å². The van der Waals surface area contributed by atoms with Gasteiger partial charge in [-0.1, -0.05) is 6.07 Å². The van der Waals surface area contributed by atoms with Crippen molar-refractivity contribution >= 4 is 6.03 Å². The number of carbonyl (C=O) groups excluding carboxylic acids is 1. The Bertz CT molecular complexity index is 271. The van der Waals surface area contributed by atoms with Gasteiger partial charge >= 0.3 is 6.03 Å². The van der Waals surface area contributed by atoms with Crippen molar-refractivity contribution in [1.82, 2.24) is 5.32 Å². The first-order chi connectivity index (χ1) is 5.24. The molecule has 3 heteroatoms. The van der Waals surface area contributed by atoms with Crippen LogP contribution >= 0.6 is 0 Å². The number of amides is 1. The molecule has 11 heavy (non-hydrogen) atoms. The van der Waals surface area contributed by atoms with Crippen LogP contribution < -0.4 is 9.88 Å². The summed E-state index contributed by atoms with van der Waals surface area (Å²) < 4.78 is 1.51. The third kappa shape index (κ3) is 1.77. The van der Waals surface area contributed by atoms with Crippen LogP contribution in [0.1, 0.15) is 5.56 Å². The van der Waals surface area contributed by atoms with Crippen molar-refractivity contribution in [3.05, 3.63) is 30.1 Å². The van der Waals surface area contributed by atoms with E-state index in [0.29, 0.717) is 0 Å². The smallest absolute Gasteiger partial charge is 0.240 e. The summed E-state index contributed by atoms with van der Waals surface area (Å²) in [6, 6.07) is 3.66. The maximum Gasteiger partial charge on any atom is 0.495 e. The topological polar surface area (TPSA) is 33.0 Å². The molecule has 0 saturated heterocycles.